The lowest BCUT2D eigenvalue weighted by atomic mass is 9.94. The van der Waals surface area contributed by atoms with E-state index >= 15 is 0 Å². The third-order valence-corrected chi connectivity index (χ3v) is 4.98. The molecule has 2 amide bonds. The Morgan fingerprint density at radius 2 is 1.66 bits per heavy atom. The van der Waals surface area contributed by atoms with Gasteiger partial charge in [0, 0.05) is 23.9 Å². The number of hydrogen-bond acceptors (Lipinski definition) is 5. The number of nitrogens with zero attached hydrogens (tertiary/aromatic N) is 1. The number of nitrogens with one attached hydrogen (secondary N) is 2. The molecule has 14 heteroatoms. The smallest absolute Gasteiger partial charge is 0.437 e. The van der Waals surface area contributed by atoms with E-state index in [0.29, 0.717) is 11.8 Å². The summed E-state index contributed by atoms with van der Waals surface area (Å²) in [5.74, 6) is -4.61. The fourth-order valence-corrected chi connectivity index (χ4v) is 3.37. The number of pyridine rings is 1. The van der Waals surface area contributed by atoms with Crippen LogP contribution >= 0.6 is 0 Å². The number of carbonyl (C=O) groups is 1. The van der Waals surface area contributed by atoms with Gasteiger partial charge < -0.3 is 25.2 Å². The maximum atomic E-state index is 14.2. The molecule has 0 bridgehead atoms. The van der Waals surface area contributed by atoms with Crippen molar-refractivity contribution in [2.24, 2.45) is 0 Å². The van der Waals surface area contributed by atoms with Gasteiger partial charge in [-0.2, -0.15) is 13.2 Å². The number of amides is 2. The van der Waals surface area contributed by atoms with Crippen LogP contribution in [0, 0.1) is 12.7 Å². The first-order valence-corrected chi connectivity index (χ1v) is 10.8. The summed E-state index contributed by atoms with van der Waals surface area (Å²) in [6.45, 7) is 0.834. The number of carbonyl (C=O) groups excluding carboxylic acids is 1. The average Bonchev–Trinajstić information content (AvgIpc) is 2.80. The number of urea groups is 1. The first kappa shape index (κ1) is 28.5. The van der Waals surface area contributed by atoms with Gasteiger partial charge in [0.1, 0.15) is 23.0 Å². The molecule has 1 heterocycles. The minimum Gasteiger partial charge on any atom is -0.437 e. The number of aromatic nitrogens is 1. The van der Waals surface area contributed by atoms with Crippen LogP contribution in [0.3, 0.4) is 0 Å². The highest BCUT2D eigenvalue weighted by atomic mass is 19.4. The summed E-state index contributed by atoms with van der Waals surface area (Å²) in [5, 5.41) is 13.5. The summed E-state index contributed by atoms with van der Waals surface area (Å²) >= 11 is 0. The molecular formula is C24H20F7N3O4. The topological polar surface area (TPSA) is 92.7 Å². The van der Waals surface area contributed by atoms with Gasteiger partial charge in [0.05, 0.1) is 11.6 Å². The maximum absolute atomic E-state index is 14.2. The van der Waals surface area contributed by atoms with Crippen LogP contribution in [0.1, 0.15) is 23.6 Å². The molecule has 0 aliphatic heterocycles. The molecule has 3 aromatic rings. The normalized spacial score (nSPS) is 12.6. The van der Waals surface area contributed by atoms with Crippen LogP contribution in [0.4, 0.5) is 46.9 Å². The van der Waals surface area contributed by atoms with E-state index < -0.39 is 54.8 Å². The molecule has 3 N–H and O–H groups in total. The Labute approximate surface area is 211 Å². The highest BCUT2D eigenvalue weighted by Gasteiger charge is 2.41. The number of aryl methyl sites for hydroxylation is 1. The minimum absolute atomic E-state index is 0.106. The zero-order valence-corrected chi connectivity index (χ0v) is 19.5. The largest absolute Gasteiger partial charge is 0.573 e. The summed E-state index contributed by atoms with van der Waals surface area (Å²) in [5.41, 5.74) is -0.471. The quantitative estimate of drug-likeness (QED) is 0.267. The molecule has 204 valence electrons. The molecule has 0 saturated carbocycles. The van der Waals surface area contributed by atoms with Gasteiger partial charge in [-0.25, -0.2) is 14.2 Å². The number of halogens is 7. The van der Waals surface area contributed by atoms with Gasteiger partial charge in [0.25, 0.3) is 0 Å². The SMILES string of the molecule is Cc1ccc(NC(=O)Nc2ccc(OC(F)(F)F)cc2F)c(Oc2ccccc2C(CCO)C(F)(F)F)n1. The number of rotatable bonds is 8. The second kappa shape index (κ2) is 11.5. The third kappa shape index (κ3) is 7.71. The molecule has 3 rings (SSSR count). The lowest BCUT2D eigenvalue weighted by Crippen LogP contribution is -2.23. The Balaban J connectivity index is 1.83. The lowest BCUT2D eigenvalue weighted by Gasteiger charge is -2.22. The van der Waals surface area contributed by atoms with E-state index in [2.05, 4.69) is 20.4 Å². The number of benzene rings is 2. The van der Waals surface area contributed by atoms with Crippen molar-refractivity contribution in [2.75, 3.05) is 17.2 Å². The fourth-order valence-electron chi connectivity index (χ4n) is 3.37. The molecular weight excluding hydrogens is 527 g/mol. The summed E-state index contributed by atoms with van der Waals surface area (Å²) in [4.78, 5) is 16.6. The van der Waals surface area contributed by atoms with Crippen molar-refractivity contribution >= 4 is 17.4 Å². The van der Waals surface area contributed by atoms with E-state index in [1.807, 2.05) is 0 Å². The monoisotopic (exact) mass is 547 g/mol. The predicted molar refractivity (Wildman–Crippen MR) is 122 cm³/mol. The number of ether oxygens (including phenoxy) is 2. The Morgan fingerprint density at radius 3 is 2.29 bits per heavy atom. The van der Waals surface area contributed by atoms with Gasteiger partial charge in [-0.1, -0.05) is 18.2 Å². The number of aliphatic hydroxyl groups excluding tert-OH is 1. The van der Waals surface area contributed by atoms with Gasteiger partial charge in [0.2, 0.25) is 5.88 Å². The summed E-state index contributed by atoms with van der Waals surface area (Å²) < 4.78 is 101. The number of para-hydroxylation sites is 1. The zero-order valence-electron chi connectivity index (χ0n) is 19.5. The number of alkyl halides is 6. The van der Waals surface area contributed by atoms with Crippen LogP contribution in [0.2, 0.25) is 0 Å². The molecule has 1 aromatic heterocycles. The van der Waals surface area contributed by atoms with E-state index in [1.165, 1.54) is 36.4 Å². The fraction of sp³-hybridized carbons (Fsp3) is 0.250. The van der Waals surface area contributed by atoms with E-state index in [1.54, 1.807) is 6.92 Å². The molecule has 1 unspecified atom stereocenters. The van der Waals surface area contributed by atoms with Crippen molar-refractivity contribution < 1.29 is 50.1 Å². The van der Waals surface area contributed by atoms with E-state index in [0.717, 1.165) is 12.1 Å². The molecule has 38 heavy (non-hydrogen) atoms. The highest BCUT2D eigenvalue weighted by molar-refractivity contribution is 6.00. The van der Waals surface area contributed by atoms with Crippen molar-refractivity contribution in [1.29, 1.82) is 0 Å². The number of anilines is 2. The summed E-state index contributed by atoms with van der Waals surface area (Å²) in [6, 6.07) is 9.05. The molecule has 0 aliphatic rings. The predicted octanol–water partition coefficient (Wildman–Crippen LogP) is 6.89. The van der Waals surface area contributed by atoms with Crippen molar-refractivity contribution in [1.82, 2.24) is 4.98 Å². The Hall–Kier alpha value is -4.07. The van der Waals surface area contributed by atoms with Crippen molar-refractivity contribution in [2.45, 2.75) is 31.8 Å². The molecule has 7 nitrogen and oxygen atoms in total. The second-order valence-corrected chi connectivity index (χ2v) is 7.82. The van der Waals surface area contributed by atoms with Crippen LogP contribution in [0.25, 0.3) is 0 Å². The highest BCUT2D eigenvalue weighted by Crippen LogP contribution is 2.42. The van der Waals surface area contributed by atoms with Crippen LogP contribution in [0.5, 0.6) is 17.4 Å². The zero-order chi connectivity index (χ0) is 28.1. The average molecular weight is 547 g/mol. The molecule has 0 aliphatic carbocycles. The van der Waals surface area contributed by atoms with Gasteiger partial charge >= 0.3 is 18.6 Å². The molecule has 0 fully saturated rings. The van der Waals surface area contributed by atoms with Gasteiger partial charge in [0.15, 0.2) is 0 Å². The van der Waals surface area contributed by atoms with Gasteiger partial charge in [-0.3, -0.25) is 0 Å². The molecule has 0 saturated heterocycles. The van der Waals surface area contributed by atoms with Crippen molar-refractivity contribution in [3.63, 3.8) is 0 Å². The third-order valence-electron chi connectivity index (χ3n) is 4.98. The number of hydrogen-bond donors (Lipinski definition) is 3. The summed E-state index contributed by atoms with van der Waals surface area (Å²) in [7, 11) is 0. The molecule has 0 spiro atoms. The standard InChI is InChI=1S/C24H20F7N3O4/c1-13-6-8-19(34-22(36)33-18-9-7-14(12-17(18)25)38-24(29,30)31)21(32-13)37-20-5-3-2-4-15(20)16(10-11-35)23(26,27)28/h2-9,12,16,35H,10-11H2,1H3,(H2,33,34,36). The van der Waals surface area contributed by atoms with E-state index in [-0.39, 0.29) is 22.9 Å². The second-order valence-electron chi connectivity index (χ2n) is 7.82. The van der Waals surface area contributed by atoms with Crippen LogP contribution in [-0.2, 0) is 0 Å². The maximum Gasteiger partial charge on any atom is 0.573 e. The molecule has 1 atom stereocenters. The Kier molecular flexibility index (Phi) is 8.66. The van der Waals surface area contributed by atoms with Crippen molar-refractivity contribution in [3.8, 4) is 17.4 Å². The van der Waals surface area contributed by atoms with Gasteiger partial charge in [-0.05, 0) is 43.7 Å². The lowest BCUT2D eigenvalue weighted by molar-refractivity contribution is -0.274. The van der Waals surface area contributed by atoms with Gasteiger partial charge in [-0.15, -0.1) is 13.2 Å². The first-order chi connectivity index (χ1) is 17.8. The summed E-state index contributed by atoms with van der Waals surface area (Å²) in [6.07, 6.45) is -10.3. The van der Waals surface area contributed by atoms with Crippen LogP contribution < -0.4 is 20.1 Å². The Bertz CT molecular complexity index is 1280. The minimum atomic E-state index is -5.04. The molecule has 2 aromatic carbocycles. The number of aliphatic hydroxyl groups is 1. The molecule has 0 radical (unpaired) electrons. The van der Waals surface area contributed by atoms with Crippen LogP contribution in [0.15, 0.2) is 54.6 Å². The Morgan fingerprint density at radius 1 is 1.00 bits per heavy atom. The van der Waals surface area contributed by atoms with E-state index in [4.69, 9.17) is 9.84 Å². The van der Waals surface area contributed by atoms with E-state index in [9.17, 15) is 35.5 Å². The first-order valence-electron chi connectivity index (χ1n) is 10.8. The van der Waals surface area contributed by atoms with Crippen LogP contribution in [-0.4, -0.2) is 35.3 Å². The van der Waals surface area contributed by atoms with Crippen molar-refractivity contribution in [3.05, 3.63) is 71.7 Å².